The normalized spacial score (nSPS) is 12.3. The highest BCUT2D eigenvalue weighted by molar-refractivity contribution is 5.80. The number of nitrogens with two attached hydrogens (primary N) is 1. The third-order valence-electron chi connectivity index (χ3n) is 2.10. The number of hydrogen-bond acceptors (Lipinski definition) is 3. The molecule has 16 heavy (non-hydrogen) atoms. The molecule has 0 aliphatic carbocycles. The molecule has 1 aromatic rings. The molecule has 1 aromatic carbocycles. The van der Waals surface area contributed by atoms with Gasteiger partial charge in [0.1, 0.15) is 0 Å². The first kappa shape index (κ1) is 12.4. The number of carbonyl (C=O) groups is 1. The summed E-state index contributed by atoms with van der Waals surface area (Å²) < 4.78 is 18.6. The summed E-state index contributed by atoms with van der Waals surface area (Å²) in [5.74, 6) is 3.99. The SMILES string of the molecule is CC(C)C(Oc1ccccc1F)C(=O)NN. The van der Waals surface area contributed by atoms with Crippen molar-refractivity contribution in [3.05, 3.63) is 30.1 Å². The van der Waals surface area contributed by atoms with Gasteiger partial charge in [-0.2, -0.15) is 0 Å². The van der Waals surface area contributed by atoms with E-state index in [4.69, 9.17) is 10.6 Å². The minimum absolute atomic E-state index is 0.0461. The van der Waals surface area contributed by atoms with E-state index in [0.29, 0.717) is 0 Å². The van der Waals surface area contributed by atoms with E-state index in [2.05, 4.69) is 0 Å². The van der Waals surface area contributed by atoms with Crippen LogP contribution in [0.5, 0.6) is 5.75 Å². The third-order valence-corrected chi connectivity index (χ3v) is 2.10. The Morgan fingerprint density at radius 2 is 2.06 bits per heavy atom. The van der Waals surface area contributed by atoms with Crippen molar-refractivity contribution in [2.24, 2.45) is 11.8 Å². The summed E-state index contributed by atoms with van der Waals surface area (Å²) in [6, 6.07) is 5.92. The zero-order chi connectivity index (χ0) is 12.1. The molecule has 0 saturated heterocycles. The van der Waals surface area contributed by atoms with Crippen molar-refractivity contribution in [1.82, 2.24) is 5.43 Å². The average molecular weight is 226 g/mol. The lowest BCUT2D eigenvalue weighted by atomic mass is 10.1. The number of halogens is 1. The number of benzene rings is 1. The van der Waals surface area contributed by atoms with E-state index in [1.807, 2.05) is 5.43 Å². The van der Waals surface area contributed by atoms with E-state index >= 15 is 0 Å². The Morgan fingerprint density at radius 1 is 1.44 bits per heavy atom. The molecule has 3 N–H and O–H groups in total. The number of para-hydroxylation sites is 1. The van der Waals surface area contributed by atoms with Gasteiger partial charge < -0.3 is 4.74 Å². The summed E-state index contributed by atoms with van der Waals surface area (Å²) in [6.45, 7) is 3.58. The Labute approximate surface area is 93.6 Å². The predicted molar refractivity (Wildman–Crippen MR) is 58.0 cm³/mol. The first-order valence-corrected chi connectivity index (χ1v) is 4.98. The van der Waals surface area contributed by atoms with Crippen LogP contribution in [0.3, 0.4) is 0 Å². The summed E-state index contributed by atoms with van der Waals surface area (Å²) in [6.07, 6.45) is -0.804. The van der Waals surface area contributed by atoms with Crippen LogP contribution in [0.1, 0.15) is 13.8 Å². The minimum atomic E-state index is -0.804. The third kappa shape index (κ3) is 2.93. The molecular formula is C11H15FN2O2. The summed E-state index contributed by atoms with van der Waals surface area (Å²) in [4.78, 5) is 11.4. The number of amides is 1. The minimum Gasteiger partial charge on any atom is -0.477 e. The Bertz CT molecular complexity index is 369. The number of hydrazine groups is 1. The summed E-state index contributed by atoms with van der Waals surface area (Å²) in [5.41, 5.74) is 2.00. The highest BCUT2D eigenvalue weighted by Gasteiger charge is 2.24. The number of ether oxygens (including phenoxy) is 1. The predicted octanol–water partition coefficient (Wildman–Crippen LogP) is 1.22. The quantitative estimate of drug-likeness (QED) is 0.461. The topological polar surface area (TPSA) is 64.3 Å². The lowest BCUT2D eigenvalue weighted by molar-refractivity contribution is -0.129. The Hall–Kier alpha value is -1.62. The second-order valence-electron chi connectivity index (χ2n) is 3.72. The molecule has 0 fully saturated rings. The first-order chi connectivity index (χ1) is 7.56. The molecule has 0 heterocycles. The summed E-state index contributed by atoms with van der Waals surface area (Å²) >= 11 is 0. The average Bonchev–Trinajstić information content (AvgIpc) is 2.26. The van der Waals surface area contributed by atoms with Gasteiger partial charge in [-0.05, 0) is 18.1 Å². The van der Waals surface area contributed by atoms with Crippen LogP contribution >= 0.6 is 0 Å². The van der Waals surface area contributed by atoms with E-state index in [1.165, 1.54) is 12.1 Å². The summed E-state index contributed by atoms with van der Waals surface area (Å²) in [5, 5.41) is 0. The van der Waals surface area contributed by atoms with Gasteiger partial charge in [0.05, 0.1) is 0 Å². The maximum Gasteiger partial charge on any atom is 0.275 e. The van der Waals surface area contributed by atoms with Crippen molar-refractivity contribution in [3.8, 4) is 5.75 Å². The largest absolute Gasteiger partial charge is 0.477 e. The van der Waals surface area contributed by atoms with Gasteiger partial charge in [-0.1, -0.05) is 26.0 Å². The molecule has 1 unspecified atom stereocenters. The fourth-order valence-electron chi connectivity index (χ4n) is 1.25. The number of nitrogens with one attached hydrogen (secondary N) is 1. The molecule has 0 aromatic heterocycles. The highest BCUT2D eigenvalue weighted by Crippen LogP contribution is 2.19. The Kier molecular flexibility index (Phi) is 4.25. The van der Waals surface area contributed by atoms with E-state index in [-0.39, 0.29) is 11.7 Å². The van der Waals surface area contributed by atoms with Crippen LogP contribution in [0.4, 0.5) is 4.39 Å². The van der Waals surface area contributed by atoms with Gasteiger partial charge in [-0.3, -0.25) is 10.2 Å². The molecule has 0 spiro atoms. The zero-order valence-electron chi connectivity index (χ0n) is 9.24. The second kappa shape index (κ2) is 5.46. The fourth-order valence-corrected chi connectivity index (χ4v) is 1.25. The van der Waals surface area contributed by atoms with Gasteiger partial charge in [-0.15, -0.1) is 0 Å². The van der Waals surface area contributed by atoms with Crippen LogP contribution in [0, 0.1) is 11.7 Å². The molecule has 1 amide bonds. The van der Waals surface area contributed by atoms with Crippen LogP contribution in [0.25, 0.3) is 0 Å². The van der Waals surface area contributed by atoms with Crippen molar-refractivity contribution < 1.29 is 13.9 Å². The van der Waals surface area contributed by atoms with Crippen LogP contribution < -0.4 is 16.0 Å². The number of hydrogen-bond donors (Lipinski definition) is 2. The molecule has 5 heteroatoms. The van der Waals surface area contributed by atoms with E-state index in [9.17, 15) is 9.18 Å². The molecule has 0 aliphatic heterocycles. The molecule has 0 saturated carbocycles. The maximum atomic E-state index is 13.3. The van der Waals surface area contributed by atoms with Gasteiger partial charge in [0, 0.05) is 0 Å². The molecule has 0 aliphatic rings. The molecule has 1 rings (SSSR count). The van der Waals surface area contributed by atoms with Gasteiger partial charge in [0.25, 0.3) is 5.91 Å². The van der Waals surface area contributed by atoms with Crippen molar-refractivity contribution in [3.63, 3.8) is 0 Å². The zero-order valence-corrected chi connectivity index (χ0v) is 9.24. The van der Waals surface area contributed by atoms with Gasteiger partial charge in [0.2, 0.25) is 0 Å². The molecule has 0 bridgehead atoms. The lowest BCUT2D eigenvalue weighted by Gasteiger charge is -2.20. The first-order valence-electron chi connectivity index (χ1n) is 4.98. The number of rotatable bonds is 4. The Balaban J connectivity index is 2.84. The maximum absolute atomic E-state index is 13.3. The molecule has 1 atom stereocenters. The van der Waals surface area contributed by atoms with E-state index < -0.39 is 17.8 Å². The number of carbonyl (C=O) groups excluding carboxylic acids is 1. The highest BCUT2D eigenvalue weighted by atomic mass is 19.1. The molecule has 88 valence electrons. The molecule has 4 nitrogen and oxygen atoms in total. The van der Waals surface area contributed by atoms with Crippen LogP contribution in [0.2, 0.25) is 0 Å². The lowest BCUT2D eigenvalue weighted by Crippen LogP contribution is -2.44. The summed E-state index contributed by atoms with van der Waals surface area (Å²) in [7, 11) is 0. The van der Waals surface area contributed by atoms with Gasteiger partial charge in [0.15, 0.2) is 17.7 Å². The van der Waals surface area contributed by atoms with E-state index in [1.54, 1.807) is 26.0 Å². The second-order valence-corrected chi connectivity index (χ2v) is 3.72. The van der Waals surface area contributed by atoms with Crippen molar-refractivity contribution in [2.75, 3.05) is 0 Å². The van der Waals surface area contributed by atoms with Crippen LogP contribution in [-0.2, 0) is 4.79 Å². The van der Waals surface area contributed by atoms with E-state index in [0.717, 1.165) is 0 Å². The standard InChI is InChI=1S/C11H15FN2O2/c1-7(2)10(11(15)14-13)16-9-6-4-3-5-8(9)12/h3-7,10H,13H2,1-2H3,(H,14,15). The van der Waals surface area contributed by atoms with Crippen molar-refractivity contribution in [1.29, 1.82) is 0 Å². The smallest absolute Gasteiger partial charge is 0.275 e. The van der Waals surface area contributed by atoms with Crippen molar-refractivity contribution in [2.45, 2.75) is 20.0 Å². The van der Waals surface area contributed by atoms with Gasteiger partial charge in [-0.25, -0.2) is 10.2 Å². The molecular weight excluding hydrogens is 211 g/mol. The Morgan fingerprint density at radius 3 is 2.56 bits per heavy atom. The van der Waals surface area contributed by atoms with Crippen LogP contribution in [0.15, 0.2) is 24.3 Å². The molecule has 0 radical (unpaired) electrons. The van der Waals surface area contributed by atoms with Crippen LogP contribution in [-0.4, -0.2) is 12.0 Å². The van der Waals surface area contributed by atoms with Crippen molar-refractivity contribution >= 4 is 5.91 Å². The monoisotopic (exact) mass is 226 g/mol. The van der Waals surface area contributed by atoms with Gasteiger partial charge >= 0.3 is 0 Å². The fraction of sp³-hybridized carbons (Fsp3) is 0.364.